The zero-order valence-electron chi connectivity index (χ0n) is 11.8. The number of aromatic hydroxyl groups is 1. The van der Waals surface area contributed by atoms with E-state index in [2.05, 4.69) is 0 Å². The summed E-state index contributed by atoms with van der Waals surface area (Å²) in [6.45, 7) is 0. The molecule has 2 atom stereocenters. The Kier molecular flexibility index (Phi) is 5.44. The van der Waals surface area contributed by atoms with Crippen molar-refractivity contribution >= 4 is 23.8 Å². The molecule has 0 saturated heterocycles. The number of ketones is 1. The molecule has 5 N–H and O–H groups in total. The van der Waals surface area contributed by atoms with Crippen LogP contribution in [0.1, 0.15) is 5.56 Å². The minimum atomic E-state index is -3.52. The van der Waals surface area contributed by atoms with Crippen molar-refractivity contribution in [3.63, 3.8) is 0 Å². The number of phenols is 1. The minimum Gasteiger partial charge on any atom is -0.504 e. The third-order valence-electron chi connectivity index (χ3n) is 2.96. The Bertz CT molecular complexity index is 664. The maximum atomic E-state index is 11.8. The van der Waals surface area contributed by atoms with Gasteiger partial charge in [-0.2, -0.15) is 0 Å². The fraction of sp³-hybridized carbons (Fsp3) is 0.214. The van der Waals surface area contributed by atoms with Gasteiger partial charge in [0.2, 0.25) is 5.78 Å². The van der Waals surface area contributed by atoms with Crippen molar-refractivity contribution in [2.24, 2.45) is 0 Å². The number of methoxy groups -OCH3 is 1. The van der Waals surface area contributed by atoms with Crippen LogP contribution >= 0.6 is 0 Å². The third kappa shape index (κ3) is 3.65. The molecule has 1 aromatic rings. The lowest BCUT2D eigenvalue weighted by Gasteiger charge is -2.22. The van der Waals surface area contributed by atoms with Crippen LogP contribution in [0.4, 0.5) is 0 Å². The number of ether oxygens (including phenoxy) is 1. The predicted octanol–water partition coefficient (Wildman–Crippen LogP) is -0.756. The molecule has 0 spiro atoms. The van der Waals surface area contributed by atoms with Crippen LogP contribution in [-0.2, 0) is 14.4 Å². The smallest absolute Gasteiger partial charge is 0.347 e. The maximum absolute atomic E-state index is 11.8. The Labute approximate surface area is 129 Å². The van der Waals surface area contributed by atoms with Gasteiger partial charge in [-0.1, -0.05) is 12.1 Å². The van der Waals surface area contributed by atoms with Gasteiger partial charge in [0, 0.05) is 0 Å². The summed E-state index contributed by atoms with van der Waals surface area (Å²) in [6.07, 6.45) is -1.18. The van der Waals surface area contributed by atoms with Crippen LogP contribution in [-0.4, -0.2) is 62.1 Å². The van der Waals surface area contributed by atoms with E-state index in [9.17, 15) is 29.7 Å². The summed E-state index contributed by atoms with van der Waals surface area (Å²) >= 11 is 0. The first-order valence-electron chi connectivity index (χ1n) is 6.10. The van der Waals surface area contributed by atoms with Crippen molar-refractivity contribution in [1.82, 2.24) is 0 Å². The van der Waals surface area contributed by atoms with Crippen molar-refractivity contribution in [2.45, 2.75) is 11.7 Å². The monoisotopic (exact) mass is 326 g/mol. The third-order valence-corrected chi connectivity index (χ3v) is 2.96. The lowest BCUT2D eigenvalue weighted by atomic mass is 9.91. The molecule has 0 radical (unpaired) electrons. The Balaban J connectivity index is 3.13. The molecule has 23 heavy (non-hydrogen) atoms. The molecule has 0 amide bonds. The molecule has 0 aromatic heterocycles. The summed E-state index contributed by atoms with van der Waals surface area (Å²) in [5.74, 6) is -5.89. The van der Waals surface area contributed by atoms with Gasteiger partial charge in [-0.05, 0) is 23.8 Å². The van der Waals surface area contributed by atoms with E-state index in [1.54, 1.807) is 0 Å². The first-order chi connectivity index (χ1) is 10.6. The van der Waals surface area contributed by atoms with Crippen LogP contribution in [0.3, 0.4) is 0 Å². The molecular formula is C14H14O9. The van der Waals surface area contributed by atoms with Gasteiger partial charge in [0.25, 0.3) is 5.60 Å². The number of rotatable bonds is 7. The zero-order chi connectivity index (χ0) is 17.8. The van der Waals surface area contributed by atoms with Crippen LogP contribution < -0.4 is 4.74 Å². The fourth-order valence-electron chi connectivity index (χ4n) is 1.63. The minimum absolute atomic E-state index is 0.0821. The molecule has 2 unspecified atom stereocenters. The molecule has 0 aliphatic heterocycles. The average Bonchev–Trinajstić information content (AvgIpc) is 2.51. The van der Waals surface area contributed by atoms with Crippen molar-refractivity contribution in [3.8, 4) is 11.5 Å². The normalized spacial score (nSPS) is 14.9. The quantitative estimate of drug-likeness (QED) is 0.320. The van der Waals surface area contributed by atoms with E-state index in [1.807, 2.05) is 0 Å². The molecule has 0 fully saturated rings. The van der Waals surface area contributed by atoms with Crippen LogP contribution in [0.2, 0.25) is 0 Å². The second kappa shape index (κ2) is 6.90. The van der Waals surface area contributed by atoms with E-state index in [0.29, 0.717) is 11.6 Å². The van der Waals surface area contributed by atoms with E-state index < -0.39 is 29.4 Å². The number of hydrogen-bond acceptors (Lipinski definition) is 7. The molecule has 1 rings (SSSR count). The number of carboxylic acid groups (broad SMARTS) is 2. The zero-order valence-corrected chi connectivity index (χ0v) is 11.8. The highest BCUT2D eigenvalue weighted by atomic mass is 16.5. The standard InChI is InChI=1S/C14H14O9/c1-23-9-6-7(2-4-8(9)15)3-5-10(16)14(22,13(20)21)11(17)12(18)19/h2-6,11,15,17,22H,1H3,(H,18,19)(H,20,21)/b5-3+. The highest BCUT2D eigenvalue weighted by molar-refractivity contribution is 6.16. The van der Waals surface area contributed by atoms with Gasteiger partial charge in [-0.25, -0.2) is 9.59 Å². The van der Waals surface area contributed by atoms with E-state index in [1.165, 1.54) is 25.3 Å². The van der Waals surface area contributed by atoms with Gasteiger partial charge in [0.15, 0.2) is 17.6 Å². The van der Waals surface area contributed by atoms with Gasteiger partial charge in [-0.3, -0.25) is 4.79 Å². The Morgan fingerprint density at radius 3 is 2.35 bits per heavy atom. The number of aliphatic carboxylic acids is 2. The lowest BCUT2D eigenvalue weighted by Crippen LogP contribution is -2.58. The van der Waals surface area contributed by atoms with E-state index in [-0.39, 0.29) is 11.5 Å². The first kappa shape index (κ1) is 18.1. The molecule has 9 heteroatoms. The lowest BCUT2D eigenvalue weighted by molar-refractivity contribution is -0.184. The van der Waals surface area contributed by atoms with Crippen molar-refractivity contribution in [2.75, 3.05) is 7.11 Å². The highest BCUT2D eigenvalue weighted by Gasteiger charge is 2.53. The second-order valence-corrected chi connectivity index (χ2v) is 4.44. The number of aliphatic hydroxyl groups excluding tert-OH is 1. The second-order valence-electron chi connectivity index (χ2n) is 4.44. The SMILES string of the molecule is COc1cc(/C=C/C(=O)C(O)(C(=O)O)C(O)C(=O)O)ccc1O. The van der Waals surface area contributed by atoms with Crippen molar-refractivity contribution < 1.29 is 44.7 Å². The summed E-state index contributed by atoms with van der Waals surface area (Å²) in [7, 11) is 1.29. The molecular weight excluding hydrogens is 312 g/mol. The fourth-order valence-corrected chi connectivity index (χ4v) is 1.63. The molecule has 0 heterocycles. The largest absolute Gasteiger partial charge is 0.504 e. The van der Waals surface area contributed by atoms with Gasteiger partial charge < -0.3 is 30.3 Å². The maximum Gasteiger partial charge on any atom is 0.347 e. The molecule has 0 aliphatic rings. The van der Waals surface area contributed by atoms with Crippen LogP contribution in [0.25, 0.3) is 6.08 Å². The van der Waals surface area contributed by atoms with Crippen LogP contribution in [0.5, 0.6) is 11.5 Å². The van der Waals surface area contributed by atoms with Crippen molar-refractivity contribution in [3.05, 3.63) is 29.8 Å². The molecule has 0 bridgehead atoms. The van der Waals surface area contributed by atoms with E-state index >= 15 is 0 Å². The van der Waals surface area contributed by atoms with Crippen LogP contribution in [0, 0.1) is 0 Å². The molecule has 1 aromatic carbocycles. The summed E-state index contributed by atoms with van der Waals surface area (Å²) in [5, 5.41) is 45.9. The van der Waals surface area contributed by atoms with Crippen LogP contribution in [0.15, 0.2) is 24.3 Å². The molecule has 9 nitrogen and oxygen atoms in total. The van der Waals surface area contributed by atoms with E-state index in [4.69, 9.17) is 14.9 Å². The predicted molar refractivity (Wildman–Crippen MR) is 74.9 cm³/mol. The van der Waals surface area contributed by atoms with Gasteiger partial charge >= 0.3 is 11.9 Å². The number of phenolic OH excluding ortho intramolecular Hbond substituents is 1. The summed E-state index contributed by atoms with van der Waals surface area (Å²) in [6, 6.07) is 3.92. The first-order valence-corrected chi connectivity index (χ1v) is 6.10. The number of aliphatic hydroxyl groups is 2. The average molecular weight is 326 g/mol. The van der Waals surface area contributed by atoms with E-state index in [0.717, 1.165) is 6.08 Å². The summed E-state index contributed by atoms with van der Waals surface area (Å²) < 4.78 is 4.84. The van der Waals surface area contributed by atoms with Crippen molar-refractivity contribution in [1.29, 1.82) is 0 Å². The van der Waals surface area contributed by atoms with Gasteiger partial charge in [0.05, 0.1) is 7.11 Å². The number of carbonyl (C=O) groups is 3. The topological polar surface area (TPSA) is 162 Å². The number of carboxylic acids is 2. The number of benzene rings is 1. The summed E-state index contributed by atoms with van der Waals surface area (Å²) in [5.41, 5.74) is -3.23. The van der Waals surface area contributed by atoms with Gasteiger partial charge in [0.1, 0.15) is 0 Å². The molecule has 0 saturated carbocycles. The Morgan fingerprint density at radius 1 is 1.26 bits per heavy atom. The number of carbonyl (C=O) groups excluding carboxylic acids is 1. The Hall–Kier alpha value is -2.91. The van der Waals surface area contributed by atoms with Gasteiger partial charge in [-0.15, -0.1) is 0 Å². The summed E-state index contributed by atoms with van der Waals surface area (Å²) in [4.78, 5) is 33.5. The Morgan fingerprint density at radius 2 is 1.87 bits per heavy atom. The molecule has 124 valence electrons. The highest BCUT2D eigenvalue weighted by Crippen LogP contribution is 2.27. The molecule has 0 aliphatic carbocycles. The number of hydrogen-bond donors (Lipinski definition) is 5.